The minimum Gasteiger partial charge on any atom is -0.494 e. The molecular weight excluding hydrogens is 388 g/mol. The highest BCUT2D eigenvalue weighted by Crippen LogP contribution is 2.16. The van der Waals surface area contributed by atoms with Crippen LogP contribution in [0.15, 0.2) is 48.5 Å². The summed E-state index contributed by atoms with van der Waals surface area (Å²) in [6.45, 7) is 0.389. The van der Waals surface area contributed by atoms with E-state index in [0.29, 0.717) is 35.1 Å². The third kappa shape index (κ3) is 6.88. The average Bonchev–Trinajstić information content (AvgIpc) is 2.66. The van der Waals surface area contributed by atoms with Crippen molar-refractivity contribution < 1.29 is 19.1 Å². The molecular formula is C19H19ClN2O4S. The molecule has 1 amide bonds. The van der Waals surface area contributed by atoms with Gasteiger partial charge in [0.1, 0.15) is 5.75 Å². The zero-order chi connectivity index (χ0) is 19.6. The van der Waals surface area contributed by atoms with E-state index in [1.165, 1.54) is 7.11 Å². The molecule has 0 aliphatic carbocycles. The number of rotatable bonds is 7. The van der Waals surface area contributed by atoms with Gasteiger partial charge in [0.15, 0.2) is 5.11 Å². The summed E-state index contributed by atoms with van der Waals surface area (Å²) in [7, 11) is 1.30. The van der Waals surface area contributed by atoms with E-state index in [2.05, 4.69) is 10.6 Å². The number of esters is 1. The second kappa shape index (κ2) is 10.5. The molecule has 27 heavy (non-hydrogen) atoms. The Bertz CT molecular complexity index is 812. The van der Waals surface area contributed by atoms with E-state index in [1.54, 1.807) is 48.5 Å². The normalized spacial score (nSPS) is 10.0. The third-order valence-electron chi connectivity index (χ3n) is 3.46. The summed E-state index contributed by atoms with van der Waals surface area (Å²) in [6.07, 6.45) is 0.768. The van der Waals surface area contributed by atoms with Gasteiger partial charge >= 0.3 is 5.97 Å². The van der Waals surface area contributed by atoms with Crippen LogP contribution in [0.4, 0.5) is 5.69 Å². The largest absolute Gasteiger partial charge is 0.494 e. The number of methoxy groups -OCH3 is 1. The molecule has 2 N–H and O–H groups in total. The summed E-state index contributed by atoms with van der Waals surface area (Å²) in [4.78, 5) is 23.7. The van der Waals surface area contributed by atoms with E-state index in [1.807, 2.05) is 0 Å². The first-order valence-electron chi connectivity index (χ1n) is 8.16. The standard InChI is InChI=1S/C19H19ClN2O4S/c1-25-18(24)15-5-2-3-6-16(15)21-19(27)22-17(23)7-4-12-26-14-10-8-13(20)9-11-14/h2-3,5-6,8-11H,4,7,12H2,1H3,(H2,21,22,23,27). The van der Waals surface area contributed by atoms with Crippen LogP contribution in [0.1, 0.15) is 23.2 Å². The fourth-order valence-electron chi connectivity index (χ4n) is 2.18. The van der Waals surface area contributed by atoms with Gasteiger partial charge in [0.2, 0.25) is 5.91 Å². The lowest BCUT2D eigenvalue weighted by molar-refractivity contribution is -0.119. The van der Waals surface area contributed by atoms with Crippen molar-refractivity contribution in [2.75, 3.05) is 19.0 Å². The number of hydrogen-bond acceptors (Lipinski definition) is 5. The minimum absolute atomic E-state index is 0.106. The summed E-state index contributed by atoms with van der Waals surface area (Å²) in [5, 5.41) is 6.15. The molecule has 0 fully saturated rings. The van der Waals surface area contributed by atoms with Crippen molar-refractivity contribution in [2.24, 2.45) is 0 Å². The molecule has 0 bridgehead atoms. The fourth-order valence-corrected chi connectivity index (χ4v) is 2.53. The van der Waals surface area contributed by atoms with E-state index in [0.717, 1.165) is 0 Å². The number of benzene rings is 2. The van der Waals surface area contributed by atoms with Crippen molar-refractivity contribution in [2.45, 2.75) is 12.8 Å². The van der Waals surface area contributed by atoms with Crippen LogP contribution in [-0.2, 0) is 9.53 Å². The van der Waals surface area contributed by atoms with E-state index in [9.17, 15) is 9.59 Å². The maximum atomic E-state index is 12.0. The lowest BCUT2D eigenvalue weighted by atomic mass is 10.2. The van der Waals surface area contributed by atoms with Gasteiger partial charge in [-0.2, -0.15) is 0 Å². The van der Waals surface area contributed by atoms with E-state index >= 15 is 0 Å². The highest BCUT2D eigenvalue weighted by molar-refractivity contribution is 7.80. The van der Waals surface area contributed by atoms with Crippen molar-refractivity contribution in [1.82, 2.24) is 5.32 Å². The number of para-hydroxylation sites is 1. The Kier molecular flexibility index (Phi) is 8.03. The number of nitrogens with one attached hydrogen (secondary N) is 2. The predicted molar refractivity (Wildman–Crippen MR) is 108 cm³/mol. The Morgan fingerprint density at radius 1 is 1.11 bits per heavy atom. The number of thiocarbonyl (C=S) groups is 1. The predicted octanol–water partition coefficient (Wildman–Crippen LogP) is 3.80. The van der Waals surface area contributed by atoms with Gasteiger partial charge in [-0.25, -0.2) is 4.79 Å². The van der Waals surface area contributed by atoms with Gasteiger partial charge in [-0.05, 0) is 55.0 Å². The summed E-state index contributed by atoms with van der Waals surface area (Å²) in [5.41, 5.74) is 0.786. The first-order valence-corrected chi connectivity index (χ1v) is 8.95. The molecule has 0 radical (unpaired) electrons. The Morgan fingerprint density at radius 2 is 1.81 bits per heavy atom. The van der Waals surface area contributed by atoms with Crippen LogP contribution in [0.3, 0.4) is 0 Å². The molecule has 2 aromatic rings. The van der Waals surface area contributed by atoms with Crippen LogP contribution in [0.25, 0.3) is 0 Å². The quantitative estimate of drug-likeness (QED) is 0.414. The molecule has 0 aliphatic heterocycles. The lowest BCUT2D eigenvalue weighted by Crippen LogP contribution is -2.34. The number of halogens is 1. The molecule has 2 aromatic carbocycles. The number of carbonyl (C=O) groups is 2. The van der Waals surface area contributed by atoms with Gasteiger partial charge in [0.25, 0.3) is 0 Å². The summed E-state index contributed by atoms with van der Waals surface area (Å²) >= 11 is 10.9. The number of carbonyl (C=O) groups excluding carboxylic acids is 2. The van der Waals surface area contributed by atoms with Crippen molar-refractivity contribution in [1.29, 1.82) is 0 Å². The summed E-state index contributed by atoms with van der Waals surface area (Å²) in [6, 6.07) is 13.7. The number of amides is 1. The molecule has 0 atom stereocenters. The van der Waals surface area contributed by atoms with Gasteiger partial charge < -0.3 is 20.1 Å². The highest BCUT2D eigenvalue weighted by Gasteiger charge is 2.12. The number of hydrogen-bond donors (Lipinski definition) is 2. The van der Waals surface area contributed by atoms with Crippen molar-refractivity contribution in [3.05, 3.63) is 59.1 Å². The first-order chi connectivity index (χ1) is 13.0. The molecule has 6 nitrogen and oxygen atoms in total. The van der Waals surface area contributed by atoms with Gasteiger partial charge in [-0.3, -0.25) is 4.79 Å². The smallest absolute Gasteiger partial charge is 0.339 e. The molecule has 0 saturated carbocycles. The van der Waals surface area contributed by atoms with Crippen LogP contribution in [0.2, 0.25) is 5.02 Å². The van der Waals surface area contributed by atoms with Crippen LogP contribution in [-0.4, -0.2) is 30.7 Å². The topological polar surface area (TPSA) is 76.7 Å². The molecule has 0 saturated heterocycles. The fraction of sp³-hybridized carbons (Fsp3) is 0.211. The van der Waals surface area contributed by atoms with Gasteiger partial charge in [-0.1, -0.05) is 23.7 Å². The maximum Gasteiger partial charge on any atom is 0.339 e. The van der Waals surface area contributed by atoms with Gasteiger partial charge in [0.05, 0.1) is 25.0 Å². The van der Waals surface area contributed by atoms with Gasteiger partial charge in [0, 0.05) is 11.4 Å². The van der Waals surface area contributed by atoms with Crippen molar-refractivity contribution in [3.63, 3.8) is 0 Å². The average molecular weight is 407 g/mol. The van der Waals surface area contributed by atoms with E-state index in [4.69, 9.17) is 33.3 Å². The van der Waals surface area contributed by atoms with Gasteiger partial charge in [-0.15, -0.1) is 0 Å². The third-order valence-corrected chi connectivity index (χ3v) is 3.92. The van der Waals surface area contributed by atoms with Crippen molar-refractivity contribution in [3.8, 4) is 5.75 Å². The Hall–Kier alpha value is -2.64. The Balaban J connectivity index is 1.75. The van der Waals surface area contributed by atoms with Crippen LogP contribution in [0, 0.1) is 0 Å². The summed E-state index contributed by atoms with van der Waals surface area (Å²) < 4.78 is 10.2. The van der Waals surface area contributed by atoms with Crippen LogP contribution in [0.5, 0.6) is 5.75 Å². The molecule has 142 valence electrons. The molecule has 0 aliphatic rings. The maximum absolute atomic E-state index is 12.0. The lowest BCUT2D eigenvalue weighted by Gasteiger charge is -2.12. The second-order valence-corrected chi connectivity index (χ2v) is 6.29. The van der Waals surface area contributed by atoms with E-state index < -0.39 is 5.97 Å². The molecule has 0 unspecified atom stereocenters. The number of anilines is 1. The highest BCUT2D eigenvalue weighted by atomic mass is 35.5. The Labute approximate surface area is 167 Å². The van der Waals surface area contributed by atoms with Crippen molar-refractivity contribution >= 4 is 46.5 Å². The molecule has 2 rings (SSSR count). The minimum atomic E-state index is -0.494. The molecule has 8 heteroatoms. The zero-order valence-electron chi connectivity index (χ0n) is 14.7. The van der Waals surface area contributed by atoms with Crippen LogP contribution >= 0.6 is 23.8 Å². The molecule has 0 spiro atoms. The summed E-state index contributed by atoms with van der Waals surface area (Å²) in [5.74, 6) is -0.0502. The van der Waals surface area contributed by atoms with E-state index in [-0.39, 0.29) is 17.4 Å². The van der Waals surface area contributed by atoms with Crippen LogP contribution < -0.4 is 15.4 Å². The SMILES string of the molecule is COC(=O)c1ccccc1NC(=S)NC(=O)CCCOc1ccc(Cl)cc1. The molecule has 0 aromatic heterocycles. The Morgan fingerprint density at radius 3 is 2.52 bits per heavy atom. The second-order valence-electron chi connectivity index (χ2n) is 5.45. The molecule has 0 heterocycles. The zero-order valence-corrected chi connectivity index (χ0v) is 16.2. The monoisotopic (exact) mass is 406 g/mol. The first kappa shape index (κ1) is 20.7. The number of ether oxygens (including phenoxy) is 2.